The summed E-state index contributed by atoms with van der Waals surface area (Å²) in [4.78, 5) is 12.4. The number of hydrogen-bond acceptors (Lipinski definition) is 2. The van der Waals surface area contributed by atoms with Crippen molar-refractivity contribution in [3.05, 3.63) is 39.9 Å². The number of hydrogen-bond donors (Lipinski definition) is 1. The zero-order chi connectivity index (χ0) is 12.4. The lowest BCUT2D eigenvalue weighted by Crippen LogP contribution is -2.29. The maximum Gasteiger partial charge on any atom is 0.171 e. The Morgan fingerprint density at radius 1 is 1.29 bits per heavy atom. The van der Waals surface area contributed by atoms with Crippen LogP contribution in [0.3, 0.4) is 0 Å². The Bertz CT molecular complexity index is 513. The first-order valence-electron chi connectivity index (χ1n) is 6.16. The van der Waals surface area contributed by atoms with E-state index in [1.54, 1.807) is 0 Å². The van der Waals surface area contributed by atoms with Gasteiger partial charge in [0.1, 0.15) is 0 Å². The molecule has 0 bridgehead atoms. The third kappa shape index (κ3) is 1.17. The van der Waals surface area contributed by atoms with E-state index in [1.165, 1.54) is 5.57 Å². The van der Waals surface area contributed by atoms with Gasteiger partial charge in [-0.3, -0.25) is 4.79 Å². The van der Waals surface area contributed by atoms with Crippen molar-refractivity contribution < 1.29 is 9.90 Å². The minimum absolute atomic E-state index is 0.0287. The fourth-order valence-electron chi connectivity index (χ4n) is 3.36. The fourth-order valence-corrected chi connectivity index (χ4v) is 3.36. The van der Waals surface area contributed by atoms with E-state index >= 15 is 0 Å². The highest BCUT2D eigenvalue weighted by Crippen LogP contribution is 2.64. The smallest absolute Gasteiger partial charge is 0.171 e. The molecule has 2 nitrogen and oxygen atoms in total. The molecule has 3 rings (SSSR count). The van der Waals surface area contributed by atoms with E-state index in [1.807, 2.05) is 19.9 Å². The van der Waals surface area contributed by atoms with Crippen molar-refractivity contribution in [3.8, 4) is 0 Å². The SMILES string of the molecule is C[C]1C(=O)C2=CC(C)=C(CO)C2=C(C)C12CC2. The second kappa shape index (κ2) is 3.20. The lowest BCUT2D eigenvalue weighted by molar-refractivity contribution is -0.114. The maximum atomic E-state index is 12.4. The van der Waals surface area contributed by atoms with Crippen molar-refractivity contribution in [3.63, 3.8) is 0 Å². The van der Waals surface area contributed by atoms with Crippen LogP contribution in [0.25, 0.3) is 0 Å². The molecule has 0 saturated heterocycles. The van der Waals surface area contributed by atoms with Crippen LogP contribution < -0.4 is 0 Å². The third-order valence-electron chi connectivity index (χ3n) is 4.71. The minimum atomic E-state index is 0.0287. The Morgan fingerprint density at radius 2 is 1.94 bits per heavy atom. The third-order valence-corrected chi connectivity index (χ3v) is 4.71. The predicted molar refractivity (Wildman–Crippen MR) is 66.2 cm³/mol. The van der Waals surface area contributed by atoms with E-state index < -0.39 is 0 Å². The molecule has 1 fully saturated rings. The molecule has 1 radical (unpaired) electrons. The average molecular weight is 229 g/mol. The molecule has 0 aliphatic heterocycles. The average Bonchev–Trinajstić information content (AvgIpc) is 3.04. The number of Topliss-reactive ketones (excluding diaryl/α,β-unsaturated/α-hetero) is 1. The quantitative estimate of drug-likeness (QED) is 0.750. The van der Waals surface area contributed by atoms with Crippen molar-refractivity contribution in [2.45, 2.75) is 33.6 Å². The van der Waals surface area contributed by atoms with Crippen LogP contribution in [0.5, 0.6) is 0 Å². The van der Waals surface area contributed by atoms with E-state index in [4.69, 9.17) is 0 Å². The lowest BCUT2D eigenvalue weighted by atomic mass is 9.70. The second-order valence-corrected chi connectivity index (χ2v) is 5.41. The maximum absolute atomic E-state index is 12.4. The Morgan fingerprint density at radius 3 is 2.47 bits per heavy atom. The molecular weight excluding hydrogens is 212 g/mol. The van der Waals surface area contributed by atoms with Gasteiger partial charge in [0.05, 0.1) is 12.5 Å². The second-order valence-electron chi connectivity index (χ2n) is 5.41. The Balaban J connectivity index is 2.24. The molecule has 1 N–H and O–H groups in total. The number of rotatable bonds is 1. The van der Waals surface area contributed by atoms with Crippen LogP contribution in [0.2, 0.25) is 0 Å². The predicted octanol–water partition coefficient (Wildman–Crippen LogP) is 2.51. The van der Waals surface area contributed by atoms with E-state index in [-0.39, 0.29) is 17.8 Å². The molecule has 2 heteroatoms. The summed E-state index contributed by atoms with van der Waals surface area (Å²) in [6.45, 7) is 6.10. The van der Waals surface area contributed by atoms with Crippen molar-refractivity contribution in [2.75, 3.05) is 6.61 Å². The van der Waals surface area contributed by atoms with Crippen LogP contribution in [0.15, 0.2) is 33.9 Å². The van der Waals surface area contributed by atoms with E-state index in [9.17, 15) is 9.90 Å². The van der Waals surface area contributed by atoms with Gasteiger partial charge in [-0.2, -0.15) is 0 Å². The highest BCUT2D eigenvalue weighted by molar-refractivity contribution is 6.14. The van der Waals surface area contributed by atoms with Gasteiger partial charge >= 0.3 is 0 Å². The van der Waals surface area contributed by atoms with Crippen LogP contribution in [0.4, 0.5) is 0 Å². The summed E-state index contributed by atoms with van der Waals surface area (Å²) in [5.74, 6) is 1.18. The molecule has 17 heavy (non-hydrogen) atoms. The topological polar surface area (TPSA) is 37.3 Å². The highest BCUT2D eigenvalue weighted by Gasteiger charge is 2.56. The summed E-state index contributed by atoms with van der Waals surface area (Å²) in [5, 5.41) is 9.49. The zero-order valence-electron chi connectivity index (χ0n) is 10.6. The van der Waals surface area contributed by atoms with Gasteiger partial charge in [0.2, 0.25) is 0 Å². The van der Waals surface area contributed by atoms with Crippen molar-refractivity contribution in [1.82, 2.24) is 0 Å². The van der Waals surface area contributed by atoms with Crippen LogP contribution in [0.1, 0.15) is 33.6 Å². The summed E-state index contributed by atoms with van der Waals surface area (Å²) in [6.07, 6.45) is 4.11. The highest BCUT2D eigenvalue weighted by atomic mass is 16.3. The number of carbonyl (C=O) groups excluding carboxylic acids is 1. The summed E-state index contributed by atoms with van der Waals surface area (Å²) < 4.78 is 0. The van der Waals surface area contributed by atoms with Crippen molar-refractivity contribution >= 4 is 5.78 Å². The van der Waals surface area contributed by atoms with Crippen molar-refractivity contribution in [1.29, 1.82) is 0 Å². The normalized spacial score (nSPS) is 26.8. The first kappa shape index (κ1) is 11.0. The standard InChI is InChI=1S/C15H17O2/c1-8-6-11-13(12(8)7-16)9(2)15(4-5-15)10(3)14(11)17/h6,16H,4-5,7H2,1-3H3. The summed E-state index contributed by atoms with van der Waals surface area (Å²) in [5.41, 5.74) is 5.16. The van der Waals surface area contributed by atoms with Gasteiger partial charge in [-0.05, 0) is 49.5 Å². The number of aliphatic hydroxyl groups excluding tert-OH is 1. The Hall–Kier alpha value is -1.15. The first-order chi connectivity index (χ1) is 8.03. The van der Waals surface area contributed by atoms with Gasteiger partial charge < -0.3 is 5.11 Å². The monoisotopic (exact) mass is 229 g/mol. The van der Waals surface area contributed by atoms with Gasteiger partial charge in [0, 0.05) is 11.0 Å². The van der Waals surface area contributed by atoms with Gasteiger partial charge in [-0.15, -0.1) is 0 Å². The first-order valence-corrected chi connectivity index (χ1v) is 6.16. The molecule has 0 amide bonds. The number of carbonyl (C=O) groups is 1. The minimum Gasteiger partial charge on any atom is -0.392 e. The molecule has 0 aromatic heterocycles. The van der Waals surface area contributed by atoms with Crippen molar-refractivity contribution in [2.24, 2.45) is 5.41 Å². The number of fused-ring (bicyclic) bond motifs is 1. The number of aliphatic hydroxyl groups is 1. The Kier molecular flexibility index (Phi) is 2.06. The lowest BCUT2D eigenvalue weighted by Gasteiger charge is -2.31. The van der Waals surface area contributed by atoms with Crippen LogP contribution in [-0.2, 0) is 4.79 Å². The molecule has 1 spiro atoms. The van der Waals surface area contributed by atoms with Crippen LogP contribution >= 0.6 is 0 Å². The van der Waals surface area contributed by atoms with Gasteiger partial charge in [-0.1, -0.05) is 12.5 Å². The Labute approximate surface area is 102 Å². The van der Waals surface area contributed by atoms with Gasteiger partial charge in [0.25, 0.3) is 0 Å². The molecule has 0 unspecified atom stereocenters. The van der Waals surface area contributed by atoms with E-state index in [0.29, 0.717) is 0 Å². The fraction of sp³-hybridized carbons (Fsp3) is 0.467. The molecule has 0 aromatic carbocycles. The molecule has 3 aliphatic carbocycles. The molecule has 0 aromatic rings. The molecule has 89 valence electrons. The molecule has 3 aliphatic rings. The van der Waals surface area contributed by atoms with Crippen LogP contribution in [0, 0.1) is 11.3 Å². The van der Waals surface area contributed by atoms with Crippen LogP contribution in [-0.4, -0.2) is 17.5 Å². The summed E-state index contributed by atoms with van der Waals surface area (Å²) >= 11 is 0. The summed E-state index contributed by atoms with van der Waals surface area (Å²) in [7, 11) is 0. The molecule has 1 saturated carbocycles. The summed E-state index contributed by atoms with van der Waals surface area (Å²) in [6, 6.07) is 0. The molecule has 0 atom stereocenters. The largest absolute Gasteiger partial charge is 0.392 e. The molecule has 0 heterocycles. The van der Waals surface area contributed by atoms with E-state index in [0.717, 1.165) is 41.1 Å². The zero-order valence-corrected chi connectivity index (χ0v) is 10.6. The number of allylic oxidation sites excluding steroid dienone is 4. The molecular formula is C15H17O2. The van der Waals surface area contributed by atoms with Gasteiger partial charge in [0.15, 0.2) is 5.78 Å². The van der Waals surface area contributed by atoms with E-state index in [2.05, 4.69) is 6.92 Å². The van der Waals surface area contributed by atoms with Gasteiger partial charge in [-0.25, -0.2) is 0 Å². The number of ketones is 1.